The van der Waals surface area contributed by atoms with Crippen LogP contribution >= 0.6 is 0 Å². The van der Waals surface area contributed by atoms with Crippen molar-refractivity contribution in [3.8, 4) is 0 Å². The van der Waals surface area contributed by atoms with E-state index in [1.54, 1.807) is 11.3 Å². The molecule has 0 atom stereocenters. The van der Waals surface area contributed by atoms with Gasteiger partial charge in [-0.2, -0.15) is 0 Å². The van der Waals surface area contributed by atoms with Gasteiger partial charge in [0.2, 0.25) is 0 Å². The van der Waals surface area contributed by atoms with Crippen LogP contribution in [0.4, 0.5) is 0 Å². The molecule has 1 N–H and O–H groups in total. The van der Waals surface area contributed by atoms with Crippen LogP contribution in [0.5, 0.6) is 0 Å². The van der Waals surface area contributed by atoms with E-state index < -0.39 is 8.07 Å². The van der Waals surface area contributed by atoms with Gasteiger partial charge in [-0.15, -0.1) is 0 Å². The van der Waals surface area contributed by atoms with Crippen LogP contribution in [-0.4, -0.2) is 19.8 Å². The van der Waals surface area contributed by atoms with Gasteiger partial charge in [-0.05, 0) is 20.3 Å². The lowest BCUT2D eigenvalue weighted by molar-refractivity contribution is 0.342. The Labute approximate surface area is 83.2 Å². The maximum absolute atomic E-state index is 8.58. The van der Waals surface area contributed by atoms with Gasteiger partial charge in [0.05, 0.1) is 14.7 Å². The minimum absolute atomic E-state index is 0.152. The number of aliphatic hydroxyl groups is 1. The van der Waals surface area contributed by atoms with Crippen LogP contribution in [0.25, 0.3) is 0 Å². The van der Waals surface area contributed by atoms with Gasteiger partial charge in [0.15, 0.2) is 0 Å². The average molecular weight is 198 g/mol. The van der Waals surface area contributed by atoms with Gasteiger partial charge < -0.3 is 5.11 Å². The van der Waals surface area contributed by atoms with Gasteiger partial charge >= 0.3 is 0 Å². The smallest absolute Gasteiger partial charge is 0.0720 e. The average Bonchev–Trinajstić information content (AvgIpc) is 2.01. The molecule has 0 unspecified atom stereocenters. The van der Waals surface area contributed by atoms with E-state index in [0.717, 1.165) is 6.42 Å². The van der Waals surface area contributed by atoms with Crippen LogP contribution < -0.4 is 0 Å². The van der Waals surface area contributed by atoms with Crippen molar-refractivity contribution in [2.45, 2.75) is 39.9 Å². The van der Waals surface area contributed by atoms with Crippen molar-refractivity contribution >= 4 is 8.07 Å². The first-order valence-corrected chi connectivity index (χ1v) is 8.32. The SMILES string of the molecule is C/C(CC=CCO)=C(/C)[Si](C)(C)C. The van der Waals surface area contributed by atoms with Crippen molar-refractivity contribution in [1.29, 1.82) is 0 Å². The van der Waals surface area contributed by atoms with Crippen LogP contribution in [0.1, 0.15) is 20.3 Å². The first-order valence-electron chi connectivity index (χ1n) is 4.82. The third kappa shape index (κ3) is 5.06. The normalized spacial score (nSPS) is 14.9. The van der Waals surface area contributed by atoms with E-state index in [1.807, 2.05) is 6.08 Å². The molecule has 0 aromatic rings. The lowest BCUT2D eigenvalue weighted by Crippen LogP contribution is -2.23. The Morgan fingerprint density at radius 2 is 1.69 bits per heavy atom. The summed E-state index contributed by atoms with van der Waals surface area (Å²) in [5.41, 5.74) is 1.46. The predicted octanol–water partition coefficient (Wildman–Crippen LogP) is 3.14. The maximum atomic E-state index is 8.58. The minimum Gasteiger partial charge on any atom is -0.392 e. The summed E-state index contributed by atoms with van der Waals surface area (Å²) in [7, 11) is -1.10. The molecule has 0 rings (SSSR count). The molecule has 0 fully saturated rings. The van der Waals surface area contributed by atoms with Gasteiger partial charge in [-0.25, -0.2) is 0 Å². The summed E-state index contributed by atoms with van der Waals surface area (Å²) in [5, 5.41) is 10.2. The largest absolute Gasteiger partial charge is 0.392 e. The number of hydrogen-bond donors (Lipinski definition) is 1. The Balaban J connectivity index is 4.37. The molecular weight excluding hydrogens is 176 g/mol. The molecule has 0 bridgehead atoms. The molecule has 2 heteroatoms. The van der Waals surface area contributed by atoms with E-state index in [-0.39, 0.29) is 6.61 Å². The fraction of sp³-hybridized carbons (Fsp3) is 0.636. The van der Waals surface area contributed by atoms with Crippen molar-refractivity contribution in [2.24, 2.45) is 0 Å². The van der Waals surface area contributed by atoms with Crippen LogP contribution in [0, 0.1) is 0 Å². The standard InChI is InChI=1S/C11H22OSi/c1-10(8-6-7-9-12)11(2)13(3,4)5/h6-7,12H,8-9H2,1-5H3/b7-6?,11-10+. The van der Waals surface area contributed by atoms with Crippen molar-refractivity contribution in [3.63, 3.8) is 0 Å². The van der Waals surface area contributed by atoms with E-state index in [4.69, 9.17) is 5.11 Å². The first kappa shape index (κ1) is 12.7. The molecule has 0 heterocycles. The monoisotopic (exact) mass is 198 g/mol. The maximum Gasteiger partial charge on any atom is 0.0720 e. The molecule has 0 saturated carbocycles. The fourth-order valence-corrected chi connectivity index (χ4v) is 2.51. The van der Waals surface area contributed by atoms with E-state index >= 15 is 0 Å². The van der Waals surface area contributed by atoms with Crippen LogP contribution in [-0.2, 0) is 0 Å². The van der Waals surface area contributed by atoms with E-state index in [2.05, 4.69) is 33.5 Å². The molecule has 0 aliphatic heterocycles. The highest BCUT2D eigenvalue weighted by Crippen LogP contribution is 2.19. The molecule has 0 amide bonds. The molecule has 1 nitrogen and oxygen atoms in total. The number of aliphatic hydroxyl groups excluding tert-OH is 1. The summed E-state index contributed by atoms with van der Waals surface area (Å²) < 4.78 is 0. The van der Waals surface area contributed by atoms with Crippen LogP contribution in [0.2, 0.25) is 19.6 Å². The summed E-state index contributed by atoms with van der Waals surface area (Å²) in [6.07, 6.45) is 4.83. The highest BCUT2D eigenvalue weighted by molar-refractivity contribution is 6.83. The molecule has 13 heavy (non-hydrogen) atoms. The quantitative estimate of drug-likeness (QED) is 0.543. The molecule has 0 spiro atoms. The zero-order chi connectivity index (χ0) is 10.5. The summed E-state index contributed by atoms with van der Waals surface area (Å²) >= 11 is 0. The Kier molecular flexibility index (Phi) is 5.26. The minimum atomic E-state index is -1.10. The Bertz CT molecular complexity index is 209. The number of rotatable bonds is 4. The Morgan fingerprint density at radius 3 is 2.08 bits per heavy atom. The van der Waals surface area contributed by atoms with Crippen LogP contribution in [0.15, 0.2) is 22.9 Å². The molecule has 0 aromatic heterocycles. The zero-order valence-corrected chi connectivity index (χ0v) is 10.5. The van der Waals surface area contributed by atoms with E-state index in [9.17, 15) is 0 Å². The van der Waals surface area contributed by atoms with Gasteiger partial charge in [0.25, 0.3) is 0 Å². The summed E-state index contributed by atoms with van der Waals surface area (Å²) in [5.74, 6) is 0. The van der Waals surface area contributed by atoms with Gasteiger partial charge in [-0.3, -0.25) is 0 Å². The fourth-order valence-electron chi connectivity index (χ4n) is 1.13. The number of allylic oxidation sites excluding steroid dienone is 3. The van der Waals surface area contributed by atoms with Crippen molar-refractivity contribution in [2.75, 3.05) is 6.61 Å². The topological polar surface area (TPSA) is 20.2 Å². The summed E-state index contributed by atoms with van der Waals surface area (Å²) in [6.45, 7) is 11.7. The van der Waals surface area contributed by atoms with Crippen molar-refractivity contribution < 1.29 is 5.11 Å². The first-order chi connectivity index (χ1) is 5.89. The van der Waals surface area contributed by atoms with E-state index in [0.29, 0.717) is 0 Å². The van der Waals surface area contributed by atoms with Gasteiger partial charge in [0.1, 0.15) is 0 Å². The molecule has 0 radical (unpaired) electrons. The second kappa shape index (κ2) is 5.40. The highest BCUT2D eigenvalue weighted by atomic mass is 28.3. The second-order valence-corrected chi connectivity index (χ2v) is 9.76. The highest BCUT2D eigenvalue weighted by Gasteiger charge is 2.16. The van der Waals surface area contributed by atoms with Crippen molar-refractivity contribution in [1.82, 2.24) is 0 Å². The van der Waals surface area contributed by atoms with Crippen molar-refractivity contribution in [3.05, 3.63) is 22.9 Å². The molecule has 0 aliphatic carbocycles. The lowest BCUT2D eigenvalue weighted by atomic mass is 10.2. The molecule has 0 aliphatic rings. The molecular formula is C11H22OSi. The zero-order valence-electron chi connectivity index (χ0n) is 9.52. The summed E-state index contributed by atoms with van der Waals surface area (Å²) in [4.78, 5) is 0. The number of hydrogen-bond acceptors (Lipinski definition) is 1. The van der Waals surface area contributed by atoms with Gasteiger partial charge in [-0.1, -0.05) is 42.6 Å². The second-order valence-electron chi connectivity index (χ2n) is 4.51. The molecule has 76 valence electrons. The summed E-state index contributed by atoms with van der Waals surface area (Å²) in [6, 6.07) is 0. The van der Waals surface area contributed by atoms with E-state index in [1.165, 1.54) is 5.57 Å². The lowest BCUT2D eigenvalue weighted by Gasteiger charge is -2.19. The Morgan fingerprint density at radius 1 is 1.15 bits per heavy atom. The van der Waals surface area contributed by atoms with Crippen LogP contribution in [0.3, 0.4) is 0 Å². The molecule has 0 saturated heterocycles. The third-order valence-electron chi connectivity index (χ3n) is 2.46. The third-order valence-corrected chi connectivity index (χ3v) is 5.14. The van der Waals surface area contributed by atoms with Gasteiger partial charge in [0, 0.05) is 0 Å². The Hall–Kier alpha value is -0.343. The molecule has 0 aromatic carbocycles. The predicted molar refractivity (Wildman–Crippen MR) is 62.6 cm³/mol.